The summed E-state index contributed by atoms with van der Waals surface area (Å²) in [7, 11) is 0. The fourth-order valence-electron chi connectivity index (χ4n) is 2.56. The van der Waals surface area contributed by atoms with E-state index >= 15 is 0 Å². The molecule has 0 atom stereocenters. The Hall–Kier alpha value is -0.610. The Balaban J connectivity index is 2.02. The maximum Gasteiger partial charge on any atom is 0.249 e. The molecule has 2 N–H and O–H groups in total. The van der Waals surface area contributed by atoms with Gasteiger partial charge in [-0.25, -0.2) is 0 Å². The molecule has 0 aromatic carbocycles. The lowest BCUT2D eigenvalue weighted by atomic mass is 10.3. The number of nitrogens with zero attached hydrogens (tertiary/aromatic N) is 2. The van der Waals surface area contributed by atoms with Gasteiger partial charge >= 0.3 is 0 Å². The molecule has 4 heteroatoms. The summed E-state index contributed by atoms with van der Waals surface area (Å²) < 4.78 is 0. The van der Waals surface area contributed by atoms with Gasteiger partial charge in [-0.2, -0.15) is 0 Å². The Labute approximate surface area is 85.0 Å². The van der Waals surface area contributed by atoms with Gasteiger partial charge in [-0.05, 0) is 25.7 Å². The van der Waals surface area contributed by atoms with Crippen LogP contribution in [-0.2, 0) is 4.79 Å². The number of hydrogen-bond acceptors (Lipinski definition) is 3. The van der Waals surface area contributed by atoms with Crippen LogP contribution in [0.25, 0.3) is 0 Å². The third-order valence-corrected chi connectivity index (χ3v) is 3.23. The maximum atomic E-state index is 11.4. The van der Waals surface area contributed by atoms with Crippen molar-refractivity contribution < 1.29 is 4.79 Å². The molecule has 2 rings (SSSR count). The van der Waals surface area contributed by atoms with Crippen molar-refractivity contribution >= 4 is 5.91 Å². The van der Waals surface area contributed by atoms with Crippen LogP contribution < -0.4 is 5.73 Å². The molecular formula is C10H19N3O. The van der Waals surface area contributed by atoms with Gasteiger partial charge in [-0.3, -0.25) is 14.6 Å². The summed E-state index contributed by atoms with van der Waals surface area (Å²) in [5.74, 6) is -0.172. The van der Waals surface area contributed by atoms with Crippen molar-refractivity contribution in [2.45, 2.75) is 31.8 Å². The highest BCUT2D eigenvalue weighted by Crippen LogP contribution is 2.18. The molecule has 0 bridgehead atoms. The largest absolute Gasteiger partial charge is 0.367 e. The molecule has 2 aliphatic heterocycles. The molecule has 2 heterocycles. The summed E-state index contributed by atoms with van der Waals surface area (Å²) in [4.78, 5) is 15.9. The van der Waals surface area contributed by atoms with Gasteiger partial charge in [0.2, 0.25) is 5.91 Å². The molecule has 14 heavy (non-hydrogen) atoms. The van der Waals surface area contributed by atoms with E-state index in [0.29, 0.717) is 0 Å². The molecule has 0 unspecified atom stereocenters. The number of primary amides is 1. The number of rotatable bonds is 3. The minimum Gasteiger partial charge on any atom is -0.367 e. The van der Waals surface area contributed by atoms with E-state index < -0.39 is 0 Å². The molecular weight excluding hydrogens is 178 g/mol. The van der Waals surface area contributed by atoms with Gasteiger partial charge in [0.25, 0.3) is 0 Å². The van der Waals surface area contributed by atoms with Crippen LogP contribution in [0.2, 0.25) is 0 Å². The summed E-state index contributed by atoms with van der Waals surface area (Å²) in [6.07, 6.45) is 4.70. The first-order valence-electron chi connectivity index (χ1n) is 5.56. The third kappa shape index (κ3) is 1.91. The van der Waals surface area contributed by atoms with Gasteiger partial charge in [0.15, 0.2) is 0 Å². The third-order valence-electron chi connectivity index (χ3n) is 3.23. The Bertz CT molecular complexity index is 191. The summed E-state index contributed by atoms with van der Waals surface area (Å²) in [5, 5.41) is 0. The van der Waals surface area contributed by atoms with E-state index in [1.54, 1.807) is 0 Å². The van der Waals surface area contributed by atoms with Gasteiger partial charge in [0.1, 0.15) is 6.17 Å². The van der Waals surface area contributed by atoms with E-state index in [9.17, 15) is 4.79 Å². The maximum absolute atomic E-state index is 11.4. The van der Waals surface area contributed by atoms with E-state index in [2.05, 4.69) is 9.80 Å². The van der Waals surface area contributed by atoms with Crippen LogP contribution in [0.4, 0.5) is 0 Å². The first-order chi connectivity index (χ1) is 6.79. The predicted molar refractivity (Wildman–Crippen MR) is 54.6 cm³/mol. The number of amides is 1. The van der Waals surface area contributed by atoms with Crippen LogP contribution in [0.5, 0.6) is 0 Å². The van der Waals surface area contributed by atoms with E-state index in [-0.39, 0.29) is 12.1 Å². The van der Waals surface area contributed by atoms with E-state index in [1.165, 1.54) is 25.7 Å². The molecule has 0 aromatic rings. The van der Waals surface area contributed by atoms with Crippen molar-refractivity contribution in [1.82, 2.24) is 9.80 Å². The molecule has 0 radical (unpaired) electrons. The topological polar surface area (TPSA) is 49.6 Å². The minimum atomic E-state index is -0.172. The van der Waals surface area contributed by atoms with Crippen molar-refractivity contribution in [3.05, 3.63) is 0 Å². The number of likely N-dealkylation sites (tertiary alicyclic amines) is 2. The summed E-state index contributed by atoms with van der Waals surface area (Å²) in [6.45, 7) is 4.13. The number of carbonyl (C=O) groups excluding carboxylic acids is 1. The lowest BCUT2D eigenvalue weighted by molar-refractivity contribution is -0.129. The van der Waals surface area contributed by atoms with Gasteiger partial charge in [-0.15, -0.1) is 0 Å². The zero-order chi connectivity index (χ0) is 9.97. The van der Waals surface area contributed by atoms with Gasteiger partial charge in [0, 0.05) is 26.2 Å². The fourth-order valence-corrected chi connectivity index (χ4v) is 2.56. The second-order valence-electron chi connectivity index (χ2n) is 4.26. The van der Waals surface area contributed by atoms with Crippen LogP contribution >= 0.6 is 0 Å². The van der Waals surface area contributed by atoms with Crippen molar-refractivity contribution in [3.8, 4) is 0 Å². The molecule has 80 valence electrons. The second kappa shape index (κ2) is 4.28. The van der Waals surface area contributed by atoms with Crippen LogP contribution in [0, 0.1) is 0 Å². The average Bonchev–Trinajstić information content (AvgIpc) is 2.75. The van der Waals surface area contributed by atoms with Crippen LogP contribution in [0.3, 0.4) is 0 Å². The monoisotopic (exact) mass is 197 g/mol. The lowest BCUT2D eigenvalue weighted by Crippen LogP contribution is -2.53. The van der Waals surface area contributed by atoms with Crippen LogP contribution in [-0.4, -0.2) is 48.1 Å². The standard InChI is InChI=1S/C10H19N3O/c11-9(14)10(12-5-1-2-6-12)13-7-3-4-8-13/h10H,1-8H2,(H2,11,14). The smallest absolute Gasteiger partial charge is 0.249 e. The average molecular weight is 197 g/mol. The predicted octanol–water partition coefficient (Wildman–Crippen LogP) is -0.0106. The zero-order valence-corrected chi connectivity index (χ0v) is 8.61. The van der Waals surface area contributed by atoms with Gasteiger partial charge in [-0.1, -0.05) is 0 Å². The van der Waals surface area contributed by atoms with Gasteiger partial charge in [0.05, 0.1) is 0 Å². The molecule has 0 saturated carbocycles. The summed E-state index contributed by atoms with van der Waals surface area (Å²) in [5.41, 5.74) is 5.47. The SMILES string of the molecule is NC(=O)C(N1CCCC1)N1CCCC1. The van der Waals surface area contributed by atoms with Gasteiger partial charge < -0.3 is 5.73 Å². The number of carbonyl (C=O) groups is 1. The van der Waals surface area contributed by atoms with Crippen LogP contribution in [0.15, 0.2) is 0 Å². The molecule has 4 nitrogen and oxygen atoms in total. The van der Waals surface area contributed by atoms with E-state index in [0.717, 1.165) is 26.2 Å². The molecule has 2 saturated heterocycles. The highest BCUT2D eigenvalue weighted by molar-refractivity contribution is 5.79. The second-order valence-corrected chi connectivity index (χ2v) is 4.26. The van der Waals surface area contributed by atoms with E-state index in [1.807, 2.05) is 0 Å². The molecule has 1 amide bonds. The number of nitrogens with two attached hydrogens (primary N) is 1. The first-order valence-corrected chi connectivity index (χ1v) is 5.56. The zero-order valence-electron chi connectivity index (χ0n) is 8.61. The molecule has 0 aliphatic carbocycles. The normalized spacial score (nSPS) is 24.9. The highest BCUT2D eigenvalue weighted by Gasteiger charge is 2.32. The molecule has 0 spiro atoms. The summed E-state index contributed by atoms with van der Waals surface area (Å²) in [6, 6.07) is 0. The quantitative estimate of drug-likeness (QED) is 0.692. The van der Waals surface area contributed by atoms with Crippen molar-refractivity contribution in [1.29, 1.82) is 0 Å². The minimum absolute atomic E-state index is 0.125. The Morgan fingerprint density at radius 1 is 0.929 bits per heavy atom. The molecule has 2 aliphatic rings. The Morgan fingerprint density at radius 2 is 1.29 bits per heavy atom. The van der Waals surface area contributed by atoms with Crippen LogP contribution in [0.1, 0.15) is 25.7 Å². The Morgan fingerprint density at radius 3 is 1.57 bits per heavy atom. The van der Waals surface area contributed by atoms with Crippen molar-refractivity contribution in [2.24, 2.45) is 5.73 Å². The van der Waals surface area contributed by atoms with Crippen molar-refractivity contribution in [3.63, 3.8) is 0 Å². The Kier molecular flexibility index (Phi) is 3.03. The summed E-state index contributed by atoms with van der Waals surface area (Å²) >= 11 is 0. The highest BCUT2D eigenvalue weighted by atomic mass is 16.2. The first kappa shape index (κ1) is 9.93. The number of hydrogen-bond donors (Lipinski definition) is 1. The molecule has 0 aromatic heterocycles. The van der Waals surface area contributed by atoms with Crippen molar-refractivity contribution in [2.75, 3.05) is 26.2 Å². The molecule has 2 fully saturated rings. The fraction of sp³-hybridized carbons (Fsp3) is 0.900. The van der Waals surface area contributed by atoms with E-state index in [4.69, 9.17) is 5.73 Å². The lowest BCUT2D eigenvalue weighted by Gasteiger charge is -2.32.